The normalized spacial score (nSPS) is 11.0. The van der Waals surface area contributed by atoms with Crippen LogP contribution in [0.5, 0.6) is 0 Å². The van der Waals surface area contributed by atoms with Gasteiger partial charge in [0.1, 0.15) is 0 Å². The van der Waals surface area contributed by atoms with Crippen molar-refractivity contribution in [1.82, 2.24) is 0 Å². The highest BCUT2D eigenvalue weighted by Crippen LogP contribution is 2.43. The first kappa shape index (κ1) is 39.8. The molecule has 0 aliphatic rings. The van der Waals surface area contributed by atoms with Crippen LogP contribution in [0, 0.1) is 13.8 Å². The predicted octanol–water partition coefficient (Wildman–Crippen LogP) is 17.3. The van der Waals surface area contributed by atoms with Gasteiger partial charge < -0.3 is 19.6 Å². The lowest BCUT2D eigenvalue weighted by Gasteiger charge is -2.30. The molecule has 10 aromatic rings. The lowest BCUT2D eigenvalue weighted by Crippen LogP contribution is -2.14. The van der Waals surface area contributed by atoms with Crippen molar-refractivity contribution in [2.75, 3.05) is 19.6 Å². The van der Waals surface area contributed by atoms with E-state index < -0.39 is 0 Å². The van der Waals surface area contributed by atoms with E-state index in [2.05, 4.69) is 288 Å². The van der Waals surface area contributed by atoms with E-state index in [4.69, 9.17) is 0 Å². The van der Waals surface area contributed by atoms with Crippen molar-refractivity contribution < 1.29 is 0 Å². The smallest absolute Gasteiger partial charge is 0.0468 e. The Morgan fingerprint density at radius 3 is 0.719 bits per heavy atom. The van der Waals surface area contributed by atoms with Gasteiger partial charge in [0.25, 0.3) is 0 Å². The molecule has 0 radical (unpaired) electrons. The highest BCUT2D eigenvalue weighted by molar-refractivity contribution is 5.90. The average Bonchev–Trinajstić information content (AvgIpc) is 3.35. The molecule has 0 N–H and O–H groups in total. The Bertz CT molecular complexity index is 2950. The highest BCUT2D eigenvalue weighted by Gasteiger charge is 2.20. The molecule has 10 rings (SSSR count). The van der Waals surface area contributed by atoms with Gasteiger partial charge in [-0.1, -0.05) is 120 Å². The average molecular weight is 825 g/mol. The van der Waals surface area contributed by atoms with Gasteiger partial charge in [-0.15, -0.1) is 0 Å². The van der Waals surface area contributed by atoms with Crippen molar-refractivity contribution in [1.29, 1.82) is 0 Å². The zero-order valence-electron chi connectivity index (χ0n) is 36.0. The zero-order valence-corrected chi connectivity index (χ0v) is 36.0. The first-order chi connectivity index (χ1) is 31.6. The van der Waals surface area contributed by atoms with Gasteiger partial charge in [-0.2, -0.15) is 0 Å². The Morgan fingerprint density at radius 1 is 0.188 bits per heavy atom. The van der Waals surface area contributed by atoms with E-state index in [9.17, 15) is 0 Å². The molecular weight excluding hydrogens is 777 g/mol. The molecule has 4 heteroatoms. The lowest BCUT2D eigenvalue weighted by molar-refractivity contribution is 1.24. The summed E-state index contributed by atoms with van der Waals surface area (Å²) in [5.41, 5.74) is 15.5. The fourth-order valence-corrected chi connectivity index (χ4v) is 8.48. The van der Waals surface area contributed by atoms with Crippen molar-refractivity contribution in [3.05, 3.63) is 266 Å². The largest absolute Gasteiger partial charge is 0.311 e. The molecule has 0 bridgehead atoms. The summed E-state index contributed by atoms with van der Waals surface area (Å²) >= 11 is 0. The number of fused-ring (bicyclic) bond motifs is 1. The van der Waals surface area contributed by atoms with Crippen LogP contribution in [0.2, 0.25) is 0 Å². The number of anilines is 12. The first-order valence-electron chi connectivity index (χ1n) is 21.8. The lowest BCUT2D eigenvalue weighted by atomic mass is 10.1. The monoisotopic (exact) mass is 824 g/mol. The molecule has 0 saturated carbocycles. The molecule has 0 aliphatic carbocycles. The Balaban J connectivity index is 1.06. The molecule has 4 nitrogen and oxygen atoms in total. The second-order valence-corrected chi connectivity index (χ2v) is 16.1. The minimum atomic E-state index is 1.05. The quantitative estimate of drug-likeness (QED) is 0.122. The molecule has 0 unspecified atom stereocenters. The molecule has 0 fully saturated rings. The first-order valence-corrected chi connectivity index (χ1v) is 21.8. The molecule has 0 atom stereocenters. The van der Waals surface area contributed by atoms with Crippen molar-refractivity contribution in [3.63, 3.8) is 0 Å². The van der Waals surface area contributed by atoms with Gasteiger partial charge >= 0.3 is 0 Å². The van der Waals surface area contributed by atoms with E-state index in [1.54, 1.807) is 0 Å². The van der Waals surface area contributed by atoms with Crippen LogP contribution in [0.15, 0.2) is 255 Å². The zero-order chi connectivity index (χ0) is 43.2. The van der Waals surface area contributed by atoms with Gasteiger partial charge in [-0.25, -0.2) is 0 Å². The van der Waals surface area contributed by atoms with Gasteiger partial charge in [0, 0.05) is 68.2 Å². The molecule has 10 aromatic carbocycles. The Kier molecular flexibility index (Phi) is 11.2. The van der Waals surface area contributed by atoms with Crippen molar-refractivity contribution in [2.24, 2.45) is 0 Å². The molecule has 0 heterocycles. The Hall–Kier alpha value is -8.34. The molecule has 0 aliphatic heterocycles. The number of aryl methyl sites for hydroxylation is 2. The number of hydrogen-bond acceptors (Lipinski definition) is 4. The summed E-state index contributed by atoms with van der Waals surface area (Å²) in [5, 5.41) is 2.43. The van der Waals surface area contributed by atoms with Gasteiger partial charge in [-0.3, -0.25) is 0 Å². The van der Waals surface area contributed by atoms with Gasteiger partial charge in [0.2, 0.25) is 0 Å². The Morgan fingerprint density at radius 2 is 0.406 bits per heavy atom. The summed E-state index contributed by atoms with van der Waals surface area (Å²) < 4.78 is 0. The van der Waals surface area contributed by atoms with E-state index >= 15 is 0 Å². The van der Waals surface area contributed by atoms with E-state index in [-0.39, 0.29) is 0 Å². The highest BCUT2D eigenvalue weighted by atomic mass is 15.2. The third kappa shape index (κ3) is 8.33. The fraction of sp³-hybridized carbons (Fsp3) is 0.0333. The molecule has 0 amide bonds. The summed E-state index contributed by atoms with van der Waals surface area (Å²) in [5.74, 6) is 0. The van der Waals surface area contributed by atoms with Crippen LogP contribution in [0.4, 0.5) is 68.2 Å². The van der Waals surface area contributed by atoms with Crippen LogP contribution >= 0.6 is 0 Å². The predicted molar refractivity (Wildman–Crippen MR) is 272 cm³/mol. The van der Waals surface area contributed by atoms with Crippen molar-refractivity contribution in [3.8, 4) is 0 Å². The van der Waals surface area contributed by atoms with Gasteiger partial charge in [0.15, 0.2) is 0 Å². The molecule has 308 valence electrons. The number of benzene rings is 10. The second kappa shape index (κ2) is 17.9. The van der Waals surface area contributed by atoms with Crippen LogP contribution in [0.1, 0.15) is 11.1 Å². The van der Waals surface area contributed by atoms with Gasteiger partial charge in [-0.05, 0) is 170 Å². The van der Waals surface area contributed by atoms with E-state index in [0.717, 1.165) is 68.2 Å². The molecule has 0 saturated heterocycles. The number of rotatable bonds is 12. The summed E-state index contributed by atoms with van der Waals surface area (Å²) in [6, 6.07) is 91.2. The summed E-state index contributed by atoms with van der Waals surface area (Å²) in [6.07, 6.45) is 0. The van der Waals surface area contributed by atoms with Gasteiger partial charge in [0.05, 0.1) is 0 Å². The maximum Gasteiger partial charge on any atom is 0.0468 e. The number of nitrogens with zero attached hydrogens (tertiary/aromatic N) is 4. The van der Waals surface area contributed by atoms with E-state index in [1.165, 1.54) is 21.9 Å². The third-order valence-electron chi connectivity index (χ3n) is 11.7. The SMILES string of the molecule is Cc1ccc(N(c2ccccc2)c2ccc(N(c3ccc(N(c4ccccc4)c4ccc(C)cc4)cc3)c3ccc(N(c4ccccc4)c4ccc5ccccc5c4)cc3)cc2)cc1. The number of hydrogen-bond donors (Lipinski definition) is 0. The Labute approximate surface area is 376 Å². The fourth-order valence-electron chi connectivity index (χ4n) is 8.48. The standard InChI is InChI=1S/C60H48N4/c1-45-22-27-52(28-23-45)61(49-16-6-3-7-17-49)54-32-36-56(37-33-54)63(57-38-34-55(35-39-57)62(50-18-8-4-9-19-50)53-29-24-46(2)25-30-53)58-40-42-59(43-41-58)64(51-20-10-5-11-21-51)60-31-26-47-14-12-13-15-48(47)44-60/h3-44H,1-2H3. The summed E-state index contributed by atoms with van der Waals surface area (Å²) in [7, 11) is 0. The minimum absolute atomic E-state index is 1.05. The van der Waals surface area contributed by atoms with Crippen LogP contribution in [0.3, 0.4) is 0 Å². The van der Waals surface area contributed by atoms with Crippen molar-refractivity contribution >= 4 is 79.0 Å². The molecule has 64 heavy (non-hydrogen) atoms. The molecule has 0 spiro atoms. The maximum atomic E-state index is 2.34. The van der Waals surface area contributed by atoms with Crippen LogP contribution < -0.4 is 19.6 Å². The maximum absolute atomic E-state index is 2.34. The third-order valence-corrected chi connectivity index (χ3v) is 11.7. The van der Waals surface area contributed by atoms with E-state index in [0.29, 0.717) is 0 Å². The minimum Gasteiger partial charge on any atom is -0.311 e. The van der Waals surface area contributed by atoms with E-state index in [1.807, 2.05) is 0 Å². The number of para-hydroxylation sites is 3. The second-order valence-electron chi connectivity index (χ2n) is 16.1. The van der Waals surface area contributed by atoms with Crippen LogP contribution in [-0.4, -0.2) is 0 Å². The molecule has 0 aromatic heterocycles. The van der Waals surface area contributed by atoms with Crippen LogP contribution in [-0.2, 0) is 0 Å². The molecular formula is C60H48N4. The van der Waals surface area contributed by atoms with Crippen LogP contribution in [0.25, 0.3) is 10.8 Å². The summed E-state index contributed by atoms with van der Waals surface area (Å²) in [4.78, 5) is 9.30. The summed E-state index contributed by atoms with van der Waals surface area (Å²) in [6.45, 7) is 4.26. The topological polar surface area (TPSA) is 13.0 Å². The van der Waals surface area contributed by atoms with Crippen molar-refractivity contribution in [2.45, 2.75) is 13.8 Å².